The topological polar surface area (TPSA) is 53.3 Å². The van der Waals surface area contributed by atoms with Crippen LogP contribution >= 0.6 is 0 Å². The molecule has 1 aromatic heterocycles. The largest absolute Gasteiger partial charge is 0.487 e. The van der Waals surface area contributed by atoms with E-state index in [1.807, 2.05) is 24.3 Å². The maximum Gasteiger partial charge on any atom is 0.341 e. The summed E-state index contributed by atoms with van der Waals surface area (Å²) < 4.78 is 12.4. The lowest BCUT2D eigenvalue weighted by Crippen LogP contribution is -2.11. The first-order valence-corrected chi connectivity index (χ1v) is 7.05. The van der Waals surface area contributed by atoms with E-state index < -0.39 is 0 Å². The molecule has 0 fully saturated rings. The molecule has 0 N–H and O–H groups in total. The fraction of sp³-hybridized carbons (Fsp3) is 0.375. The third-order valence-corrected chi connectivity index (χ3v) is 3.26. The van der Waals surface area contributed by atoms with E-state index in [2.05, 4.69) is 12.0 Å². The van der Waals surface area contributed by atoms with E-state index in [9.17, 15) is 4.79 Å². The molecule has 0 spiro atoms. The molecule has 21 heavy (non-hydrogen) atoms. The van der Waals surface area contributed by atoms with Gasteiger partial charge in [-0.3, -0.25) is 4.68 Å². The van der Waals surface area contributed by atoms with Gasteiger partial charge in [-0.1, -0.05) is 19.1 Å². The number of hydrogen-bond acceptors (Lipinski definition) is 4. The van der Waals surface area contributed by atoms with E-state index >= 15 is 0 Å². The zero-order chi connectivity index (χ0) is 15.2. The van der Waals surface area contributed by atoms with Crippen molar-refractivity contribution >= 4 is 5.97 Å². The number of hydrogen-bond donors (Lipinski definition) is 0. The van der Waals surface area contributed by atoms with Crippen molar-refractivity contribution in [3.05, 3.63) is 47.3 Å². The van der Waals surface area contributed by atoms with E-state index in [0.29, 0.717) is 17.9 Å². The van der Waals surface area contributed by atoms with Gasteiger partial charge < -0.3 is 9.47 Å². The van der Waals surface area contributed by atoms with Crippen molar-refractivity contribution in [2.24, 2.45) is 7.05 Å². The Morgan fingerprint density at radius 1 is 1.24 bits per heavy atom. The highest BCUT2D eigenvalue weighted by atomic mass is 16.5. The number of ether oxygens (including phenoxy) is 2. The molecule has 2 aromatic rings. The number of benzene rings is 1. The average molecular weight is 288 g/mol. The number of carbonyl (C=O) groups excluding carboxylic acids is 1. The molecule has 0 unspecified atom stereocenters. The maximum atomic E-state index is 11.8. The van der Waals surface area contributed by atoms with Crippen LogP contribution in [0, 0.1) is 0 Å². The van der Waals surface area contributed by atoms with E-state index in [0.717, 1.165) is 12.2 Å². The second kappa shape index (κ2) is 6.92. The van der Waals surface area contributed by atoms with Gasteiger partial charge in [0.1, 0.15) is 17.9 Å². The number of aromatic nitrogens is 2. The minimum Gasteiger partial charge on any atom is -0.487 e. The first-order valence-electron chi connectivity index (χ1n) is 7.05. The van der Waals surface area contributed by atoms with Gasteiger partial charge in [-0.05, 0) is 31.0 Å². The fourth-order valence-corrected chi connectivity index (χ4v) is 1.99. The van der Waals surface area contributed by atoms with E-state index in [1.165, 1.54) is 11.8 Å². The Labute approximate surface area is 124 Å². The van der Waals surface area contributed by atoms with Crippen molar-refractivity contribution in [1.82, 2.24) is 9.78 Å². The van der Waals surface area contributed by atoms with Crippen molar-refractivity contribution in [3.63, 3.8) is 0 Å². The number of esters is 1. The predicted molar refractivity (Wildman–Crippen MR) is 79.3 cm³/mol. The highest BCUT2D eigenvalue weighted by molar-refractivity contribution is 5.90. The summed E-state index contributed by atoms with van der Waals surface area (Å²) in [5.74, 6) is 0.397. The zero-order valence-corrected chi connectivity index (χ0v) is 12.6. The third kappa shape index (κ3) is 3.62. The quantitative estimate of drug-likeness (QED) is 0.767. The highest BCUT2D eigenvalue weighted by Gasteiger charge is 2.17. The molecule has 0 bridgehead atoms. The van der Waals surface area contributed by atoms with Gasteiger partial charge >= 0.3 is 5.97 Å². The minimum atomic E-state index is -0.370. The first kappa shape index (κ1) is 15.1. The molecule has 5 heteroatoms. The molecule has 2 rings (SSSR count). The average Bonchev–Trinajstić information content (AvgIpc) is 2.87. The number of aryl methyl sites for hydroxylation is 2. The standard InChI is InChI=1S/C16H20N2O3/c1-4-12-6-8-13(9-7-12)21-11-15-14(10-17-18(15)3)16(19)20-5-2/h6-10H,4-5,11H2,1-3H3. The normalized spacial score (nSPS) is 10.4. The Hall–Kier alpha value is -2.30. The van der Waals surface area contributed by atoms with Crippen molar-refractivity contribution in [1.29, 1.82) is 0 Å². The van der Waals surface area contributed by atoms with E-state index in [4.69, 9.17) is 9.47 Å². The smallest absolute Gasteiger partial charge is 0.341 e. The van der Waals surface area contributed by atoms with Crippen LogP contribution in [0.2, 0.25) is 0 Å². The molecule has 0 aliphatic rings. The summed E-state index contributed by atoms with van der Waals surface area (Å²) in [5, 5.41) is 4.10. The van der Waals surface area contributed by atoms with Crippen LogP contribution in [0.25, 0.3) is 0 Å². The molecule has 112 valence electrons. The Morgan fingerprint density at radius 2 is 1.95 bits per heavy atom. The first-order chi connectivity index (χ1) is 10.2. The summed E-state index contributed by atoms with van der Waals surface area (Å²) in [6.07, 6.45) is 2.51. The van der Waals surface area contributed by atoms with Gasteiger partial charge in [0.25, 0.3) is 0 Å². The highest BCUT2D eigenvalue weighted by Crippen LogP contribution is 2.16. The van der Waals surface area contributed by atoms with E-state index in [-0.39, 0.29) is 12.6 Å². The molecule has 0 radical (unpaired) electrons. The lowest BCUT2D eigenvalue weighted by molar-refractivity contribution is 0.0523. The molecule has 5 nitrogen and oxygen atoms in total. The molecular formula is C16H20N2O3. The summed E-state index contributed by atoms with van der Waals surface area (Å²) >= 11 is 0. The number of rotatable bonds is 6. The van der Waals surface area contributed by atoms with Gasteiger partial charge in [0.2, 0.25) is 0 Å². The molecule has 0 aliphatic heterocycles. The summed E-state index contributed by atoms with van der Waals surface area (Å²) in [7, 11) is 1.78. The van der Waals surface area contributed by atoms with Gasteiger partial charge in [0, 0.05) is 7.05 Å². The molecule has 0 atom stereocenters. The second-order valence-electron chi connectivity index (χ2n) is 4.64. The van der Waals surface area contributed by atoms with Gasteiger partial charge in [0.15, 0.2) is 0 Å². The molecular weight excluding hydrogens is 268 g/mol. The fourth-order valence-electron chi connectivity index (χ4n) is 1.99. The maximum absolute atomic E-state index is 11.8. The van der Waals surface area contributed by atoms with Crippen molar-refractivity contribution < 1.29 is 14.3 Å². The van der Waals surface area contributed by atoms with E-state index in [1.54, 1.807) is 18.7 Å². The lowest BCUT2D eigenvalue weighted by Gasteiger charge is -2.09. The van der Waals surface area contributed by atoms with Crippen LogP contribution in [0.5, 0.6) is 5.75 Å². The molecule has 1 heterocycles. The molecule has 0 amide bonds. The Bertz CT molecular complexity index is 602. The Balaban J connectivity index is 2.08. The van der Waals surface area contributed by atoms with Crippen molar-refractivity contribution in [3.8, 4) is 5.75 Å². The molecule has 0 aliphatic carbocycles. The second-order valence-corrected chi connectivity index (χ2v) is 4.64. The number of carbonyl (C=O) groups is 1. The lowest BCUT2D eigenvalue weighted by atomic mass is 10.2. The monoisotopic (exact) mass is 288 g/mol. The summed E-state index contributed by atoms with van der Waals surface area (Å²) in [4.78, 5) is 11.8. The Kier molecular flexibility index (Phi) is 4.98. The van der Waals surface area contributed by atoms with Crippen LogP contribution in [0.4, 0.5) is 0 Å². The summed E-state index contributed by atoms with van der Waals surface area (Å²) in [6, 6.07) is 7.92. The summed E-state index contributed by atoms with van der Waals surface area (Å²) in [6.45, 7) is 4.50. The van der Waals surface area contributed by atoms with Gasteiger partial charge in [-0.2, -0.15) is 5.10 Å². The van der Waals surface area contributed by atoms with Crippen LogP contribution in [0.15, 0.2) is 30.5 Å². The van der Waals surface area contributed by atoms with Gasteiger partial charge in [0.05, 0.1) is 18.5 Å². The molecule has 0 saturated heterocycles. The predicted octanol–water partition coefficient (Wildman–Crippen LogP) is 2.74. The van der Waals surface area contributed by atoms with Crippen LogP contribution in [0.1, 0.15) is 35.5 Å². The number of nitrogens with zero attached hydrogens (tertiary/aromatic N) is 2. The van der Waals surface area contributed by atoms with Crippen LogP contribution in [-0.4, -0.2) is 22.4 Å². The van der Waals surface area contributed by atoms with Crippen LogP contribution in [0.3, 0.4) is 0 Å². The van der Waals surface area contributed by atoms with Crippen LogP contribution < -0.4 is 4.74 Å². The third-order valence-electron chi connectivity index (χ3n) is 3.26. The van der Waals surface area contributed by atoms with Crippen LogP contribution in [-0.2, 0) is 24.8 Å². The Morgan fingerprint density at radius 3 is 2.57 bits per heavy atom. The van der Waals surface area contributed by atoms with Gasteiger partial charge in [-0.25, -0.2) is 4.79 Å². The zero-order valence-electron chi connectivity index (χ0n) is 12.6. The van der Waals surface area contributed by atoms with Crippen molar-refractivity contribution in [2.45, 2.75) is 26.9 Å². The summed E-state index contributed by atoms with van der Waals surface area (Å²) in [5.41, 5.74) is 2.41. The molecule has 0 saturated carbocycles. The SMILES string of the molecule is CCOC(=O)c1cnn(C)c1COc1ccc(CC)cc1. The van der Waals surface area contributed by atoms with Crippen molar-refractivity contribution in [2.75, 3.05) is 6.61 Å². The van der Waals surface area contributed by atoms with Gasteiger partial charge in [-0.15, -0.1) is 0 Å². The minimum absolute atomic E-state index is 0.274. The molecule has 1 aromatic carbocycles.